The van der Waals surface area contributed by atoms with E-state index in [9.17, 15) is 4.79 Å². The van der Waals surface area contributed by atoms with Gasteiger partial charge in [-0.25, -0.2) is 4.79 Å². The van der Waals surface area contributed by atoms with Crippen LogP contribution < -0.4 is 10.6 Å². The van der Waals surface area contributed by atoms with Crippen molar-refractivity contribution in [2.45, 2.75) is 6.54 Å². The Morgan fingerprint density at radius 1 is 1.67 bits per heavy atom. The van der Waals surface area contributed by atoms with Crippen molar-refractivity contribution in [3.05, 3.63) is 15.8 Å². The first-order chi connectivity index (χ1) is 5.79. The van der Waals surface area contributed by atoms with Crippen LogP contribution in [0.25, 0.3) is 0 Å². The van der Waals surface area contributed by atoms with Gasteiger partial charge in [-0.3, -0.25) is 5.32 Å². The summed E-state index contributed by atoms with van der Waals surface area (Å²) in [6, 6.07) is 0. The lowest BCUT2D eigenvalue weighted by Gasteiger charge is -2.15. The molecule has 0 atom stereocenters. The van der Waals surface area contributed by atoms with E-state index in [4.69, 9.17) is 5.11 Å². The molecule has 0 bridgehead atoms. The average molecular weight is 184 g/mol. The van der Waals surface area contributed by atoms with Crippen molar-refractivity contribution >= 4 is 23.0 Å². The fourth-order valence-corrected chi connectivity index (χ4v) is 2.12. The molecule has 0 aliphatic carbocycles. The molecule has 1 aromatic heterocycles. The minimum Gasteiger partial charge on any atom is -0.477 e. The molecule has 0 amide bonds. The molecule has 0 radical (unpaired) electrons. The summed E-state index contributed by atoms with van der Waals surface area (Å²) in [6.45, 7) is 1.36. The van der Waals surface area contributed by atoms with Gasteiger partial charge in [0.05, 0.1) is 12.4 Å². The molecule has 12 heavy (non-hydrogen) atoms. The highest BCUT2D eigenvalue weighted by Crippen LogP contribution is 2.28. The Morgan fingerprint density at radius 2 is 2.50 bits per heavy atom. The number of carbonyl (C=O) groups is 1. The number of hydrogen-bond donors (Lipinski definition) is 3. The maximum atomic E-state index is 10.7. The monoisotopic (exact) mass is 184 g/mol. The van der Waals surface area contributed by atoms with Crippen molar-refractivity contribution in [3.8, 4) is 0 Å². The summed E-state index contributed by atoms with van der Waals surface area (Å²) in [5.41, 5.74) is 1.83. The fourth-order valence-electron chi connectivity index (χ4n) is 1.23. The highest BCUT2D eigenvalue weighted by molar-refractivity contribution is 7.12. The van der Waals surface area contributed by atoms with Crippen LogP contribution in [0.5, 0.6) is 0 Å². The second-order valence-electron chi connectivity index (χ2n) is 2.54. The van der Waals surface area contributed by atoms with Gasteiger partial charge >= 0.3 is 5.97 Å². The van der Waals surface area contributed by atoms with Crippen molar-refractivity contribution in [2.24, 2.45) is 0 Å². The highest BCUT2D eigenvalue weighted by atomic mass is 32.1. The molecule has 0 spiro atoms. The third-order valence-corrected chi connectivity index (χ3v) is 2.80. The first-order valence-electron chi connectivity index (χ1n) is 3.57. The molecule has 0 unspecified atom stereocenters. The van der Waals surface area contributed by atoms with Crippen LogP contribution in [0.2, 0.25) is 0 Å². The predicted octanol–water partition coefficient (Wildman–Crippen LogP) is 0.919. The molecule has 3 N–H and O–H groups in total. The SMILES string of the molecule is O=C(O)c1scc2c1CNCN2. The van der Waals surface area contributed by atoms with E-state index < -0.39 is 5.97 Å². The van der Waals surface area contributed by atoms with Gasteiger partial charge in [0, 0.05) is 17.5 Å². The second-order valence-corrected chi connectivity index (χ2v) is 3.42. The van der Waals surface area contributed by atoms with Crippen molar-refractivity contribution in [1.29, 1.82) is 0 Å². The third kappa shape index (κ3) is 1.07. The van der Waals surface area contributed by atoms with E-state index in [1.165, 1.54) is 11.3 Å². The Kier molecular flexibility index (Phi) is 1.74. The Hall–Kier alpha value is -1.07. The highest BCUT2D eigenvalue weighted by Gasteiger charge is 2.18. The molecule has 1 aliphatic rings. The number of anilines is 1. The number of carboxylic acids is 1. The van der Waals surface area contributed by atoms with Gasteiger partial charge in [0.1, 0.15) is 4.88 Å². The Morgan fingerprint density at radius 3 is 3.25 bits per heavy atom. The Balaban J connectivity index is 2.44. The molecule has 0 fully saturated rings. The topological polar surface area (TPSA) is 61.4 Å². The molecule has 4 nitrogen and oxygen atoms in total. The fraction of sp³-hybridized carbons (Fsp3) is 0.286. The molecule has 1 aliphatic heterocycles. The van der Waals surface area contributed by atoms with Crippen LogP contribution in [0.3, 0.4) is 0 Å². The number of aromatic carboxylic acids is 1. The van der Waals surface area contributed by atoms with Crippen LogP contribution >= 0.6 is 11.3 Å². The van der Waals surface area contributed by atoms with Gasteiger partial charge in [-0.1, -0.05) is 0 Å². The summed E-state index contributed by atoms with van der Waals surface area (Å²) >= 11 is 1.27. The van der Waals surface area contributed by atoms with Gasteiger partial charge < -0.3 is 10.4 Å². The number of nitrogens with one attached hydrogen (secondary N) is 2. The number of hydrogen-bond acceptors (Lipinski definition) is 4. The molecular weight excluding hydrogens is 176 g/mol. The maximum Gasteiger partial charge on any atom is 0.346 e. The first-order valence-corrected chi connectivity index (χ1v) is 4.45. The predicted molar refractivity (Wildman–Crippen MR) is 46.6 cm³/mol. The van der Waals surface area contributed by atoms with E-state index in [1.54, 1.807) is 0 Å². The van der Waals surface area contributed by atoms with Gasteiger partial charge in [0.25, 0.3) is 0 Å². The van der Waals surface area contributed by atoms with Crippen molar-refractivity contribution in [2.75, 3.05) is 12.0 Å². The molecule has 1 aromatic rings. The van der Waals surface area contributed by atoms with Crippen LogP contribution in [0.1, 0.15) is 15.2 Å². The van der Waals surface area contributed by atoms with Gasteiger partial charge in [0.2, 0.25) is 0 Å². The van der Waals surface area contributed by atoms with E-state index in [0.29, 0.717) is 18.1 Å². The number of fused-ring (bicyclic) bond motifs is 1. The van der Waals surface area contributed by atoms with Crippen LogP contribution in [-0.2, 0) is 6.54 Å². The van der Waals surface area contributed by atoms with E-state index in [2.05, 4.69) is 10.6 Å². The van der Waals surface area contributed by atoms with Crippen LogP contribution in [0.4, 0.5) is 5.69 Å². The van der Waals surface area contributed by atoms with Crippen molar-refractivity contribution in [1.82, 2.24) is 5.32 Å². The van der Waals surface area contributed by atoms with E-state index in [1.807, 2.05) is 5.38 Å². The minimum absolute atomic E-state index is 0.435. The molecular formula is C7H8N2O2S. The maximum absolute atomic E-state index is 10.7. The molecule has 5 heteroatoms. The Labute approximate surface area is 73.2 Å². The summed E-state index contributed by atoms with van der Waals surface area (Å²) in [5, 5.41) is 16.8. The molecule has 0 aromatic carbocycles. The number of rotatable bonds is 1. The quantitative estimate of drug-likeness (QED) is 0.607. The zero-order chi connectivity index (χ0) is 8.55. The third-order valence-electron chi connectivity index (χ3n) is 1.79. The molecule has 2 heterocycles. The molecule has 0 saturated heterocycles. The minimum atomic E-state index is -0.841. The first kappa shape index (κ1) is 7.57. The lowest BCUT2D eigenvalue weighted by molar-refractivity contribution is 0.0701. The summed E-state index contributed by atoms with van der Waals surface area (Å²) in [6.07, 6.45) is 0. The van der Waals surface area contributed by atoms with Gasteiger partial charge in [-0.15, -0.1) is 11.3 Å². The summed E-state index contributed by atoms with van der Waals surface area (Å²) < 4.78 is 0. The van der Waals surface area contributed by atoms with Crippen molar-refractivity contribution in [3.63, 3.8) is 0 Å². The smallest absolute Gasteiger partial charge is 0.346 e. The van der Waals surface area contributed by atoms with E-state index in [0.717, 1.165) is 11.3 Å². The van der Waals surface area contributed by atoms with E-state index in [-0.39, 0.29) is 0 Å². The van der Waals surface area contributed by atoms with E-state index >= 15 is 0 Å². The van der Waals surface area contributed by atoms with Gasteiger partial charge in [-0.2, -0.15) is 0 Å². The van der Waals surface area contributed by atoms with Crippen LogP contribution in [0, 0.1) is 0 Å². The molecule has 2 rings (SSSR count). The zero-order valence-corrected chi connectivity index (χ0v) is 7.07. The normalized spacial score (nSPS) is 15.0. The molecule has 0 saturated carbocycles. The van der Waals surface area contributed by atoms with Crippen LogP contribution in [0.15, 0.2) is 5.38 Å². The number of carboxylic acid groups (broad SMARTS) is 1. The zero-order valence-electron chi connectivity index (χ0n) is 6.26. The lowest BCUT2D eigenvalue weighted by atomic mass is 10.2. The largest absolute Gasteiger partial charge is 0.477 e. The summed E-state index contributed by atoms with van der Waals surface area (Å²) in [7, 11) is 0. The lowest BCUT2D eigenvalue weighted by Crippen LogP contribution is -2.27. The van der Waals surface area contributed by atoms with Crippen molar-refractivity contribution < 1.29 is 9.90 Å². The summed E-state index contributed by atoms with van der Waals surface area (Å²) in [5.74, 6) is -0.841. The summed E-state index contributed by atoms with van der Waals surface area (Å²) in [4.78, 5) is 11.1. The van der Waals surface area contributed by atoms with Gasteiger partial charge in [0.15, 0.2) is 0 Å². The molecule has 64 valence electrons. The Bertz CT molecular complexity index is 321. The average Bonchev–Trinajstić information content (AvgIpc) is 2.47. The second kappa shape index (κ2) is 2.76. The van der Waals surface area contributed by atoms with Crippen LogP contribution in [-0.4, -0.2) is 17.7 Å². The number of thiophene rings is 1. The van der Waals surface area contributed by atoms with Gasteiger partial charge in [-0.05, 0) is 0 Å². The standard InChI is InChI=1S/C7H8N2O2S/c10-7(11)6-4-1-8-3-9-5(4)2-12-6/h2,8-9H,1,3H2,(H,10,11).